The minimum absolute atomic E-state index is 0.618. The summed E-state index contributed by atoms with van der Waals surface area (Å²) in [5.41, 5.74) is 0. The molecule has 10 heavy (non-hydrogen) atoms. The Kier molecular flexibility index (Phi) is 1.55. The van der Waals surface area contributed by atoms with Gasteiger partial charge in [-0.15, -0.1) is 0 Å². The molecule has 0 N–H and O–H groups in total. The predicted molar refractivity (Wildman–Crippen MR) is 24.3 cm³/mol. The number of hydrogen-bond donors (Lipinski definition) is 0. The topological polar surface area (TPSA) is 38.9 Å². The molecule has 1 aromatic rings. The van der Waals surface area contributed by atoms with Crippen LogP contribution in [0.1, 0.15) is 5.82 Å². The largest absolute Gasteiger partial charge is 0.455 e. The maximum absolute atomic E-state index is 11.6. The minimum Gasteiger partial charge on any atom is -0.321 e. The van der Waals surface area contributed by atoms with Crippen molar-refractivity contribution < 1.29 is 17.7 Å². The summed E-state index contributed by atoms with van der Waals surface area (Å²) in [6, 6.07) is 0. The molecule has 0 aromatic carbocycles. The van der Waals surface area contributed by atoms with E-state index in [9.17, 15) is 13.2 Å². The van der Waals surface area contributed by atoms with Crippen molar-refractivity contribution in [1.82, 2.24) is 10.1 Å². The van der Waals surface area contributed by atoms with Crippen LogP contribution in [0.3, 0.4) is 0 Å². The van der Waals surface area contributed by atoms with Crippen LogP contribution in [-0.4, -0.2) is 10.1 Å². The maximum Gasteiger partial charge on any atom is 0.455 e. The summed E-state index contributed by atoms with van der Waals surface area (Å²) in [4.78, 5) is 2.74. The molecular weight excluding hydrogens is 172 g/mol. The molecule has 0 atom stereocenters. The molecule has 1 rings (SSSR count). The average molecular weight is 172 g/mol. The van der Waals surface area contributed by atoms with Gasteiger partial charge in [0.1, 0.15) is 0 Å². The van der Waals surface area contributed by atoms with Gasteiger partial charge in [0, 0.05) is 0 Å². The molecule has 0 spiro atoms. The van der Waals surface area contributed by atoms with Crippen LogP contribution < -0.4 is 0 Å². The predicted octanol–water partition coefficient (Wildman–Crippen LogP) is 1.74. The van der Waals surface area contributed by atoms with E-state index in [4.69, 9.17) is 11.6 Å². The molecule has 0 aliphatic rings. The Hall–Kier alpha value is -0.780. The van der Waals surface area contributed by atoms with Crippen molar-refractivity contribution in [3.8, 4) is 0 Å². The van der Waals surface area contributed by atoms with Crippen LogP contribution in [0.25, 0.3) is 0 Å². The van der Waals surface area contributed by atoms with E-state index in [1.54, 1.807) is 0 Å². The van der Waals surface area contributed by atoms with E-state index in [0.717, 1.165) is 0 Å². The number of rotatable bonds is 0. The molecule has 3 nitrogen and oxygen atoms in total. The molecule has 0 fully saturated rings. The van der Waals surface area contributed by atoms with Crippen LogP contribution in [0.2, 0.25) is 5.35 Å². The van der Waals surface area contributed by atoms with Gasteiger partial charge in [-0.2, -0.15) is 18.2 Å². The van der Waals surface area contributed by atoms with Crippen molar-refractivity contribution in [3.05, 3.63) is 11.2 Å². The van der Waals surface area contributed by atoms with Crippen LogP contribution in [0.15, 0.2) is 4.52 Å². The van der Waals surface area contributed by atoms with E-state index in [2.05, 4.69) is 14.7 Å². The first kappa shape index (κ1) is 7.33. The summed E-state index contributed by atoms with van der Waals surface area (Å²) in [6.45, 7) is 0. The highest BCUT2D eigenvalue weighted by Gasteiger charge is 2.36. The molecule has 7 heteroatoms. The first-order valence-corrected chi connectivity index (χ1v) is 2.44. The third-order valence-corrected chi connectivity index (χ3v) is 0.808. The maximum atomic E-state index is 11.6. The van der Waals surface area contributed by atoms with E-state index >= 15 is 0 Å². The molecule has 1 heterocycles. The van der Waals surface area contributed by atoms with E-state index in [-0.39, 0.29) is 0 Å². The fourth-order valence-corrected chi connectivity index (χ4v) is 0.435. The molecule has 0 unspecified atom stereocenters. The molecule has 0 bridgehead atoms. The molecule has 0 aliphatic heterocycles. The Morgan fingerprint density at radius 1 is 1.40 bits per heavy atom. The van der Waals surface area contributed by atoms with Crippen LogP contribution in [0.4, 0.5) is 13.2 Å². The van der Waals surface area contributed by atoms with E-state index < -0.39 is 17.4 Å². The summed E-state index contributed by atoms with van der Waals surface area (Å²) in [6.07, 6.45) is -4.59. The first-order chi connectivity index (χ1) is 4.50. The lowest BCUT2D eigenvalue weighted by molar-refractivity contribution is -0.146. The van der Waals surface area contributed by atoms with Crippen LogP contribution in [-0.2, 0) is 6.18 Å². The van der Waals surface area contributed by atoms with Gasteiger partial charge < -0.3 is 4.52 Å². The smallest absolute Gasteiger partial charge is 0.321 e. The molecule has 0 aliphatic carbocycles. The fourth-order valence-electron chi connectivity index (χ4n) is 0.320. The standard InChI is InChI=1S/C3ClF3N2O/c4-2-8-1(9-10-2)3(5,6)7. The number of nitrogens with zero attached hydrogens (tertiary/aromatic N) is 2. The fraction of sp³-hybridized carbons (Fsp3) is 0.333. The third kappa shape index (κ3) is 1.38. The number of aromatic nitrogens is 2. The lowest BCUT2D eigenvalue weighted by Gasteiger charge is -1.95. The van der Waals surface area contributed by atoms with Crippen molar-refractivity contribution in [2.24, 2.45) is 0 Å². The Morgan fingerprint density at radius 3 is 2.20 bits per heavy atom. The highest BCUT2D eigenvalue weighted by atomic mass is 35.5. The molecule has 56 valence electrons. The molecular formula is C3ClF3N2O. The highest BCUT2D eigenvalue weighted by Crippen LogP contribution is 2.26. The van der Waals surface area contributed by atoms with Gasteiger partial charge >= 0.3 is 11.5 Å². The van der Waals surface area contributed by atoms with Gasteiger partial charge in [-0.05, 0) is 11.6 Å². The van der Waals surface area contributed by atoms with E-state index in [1.165, 1.54) is 0 Å². The molecule has 0 amide bonds. The Bertz CT molecular complexity index is 232. The van der Waals surface area contributed by atoms with E-state index in [0.29, 0.717) is 0 Å². The zero-order chi connectivity index (χ0) is 7.78. The Balaban J connectivity index is 2.96. The minimum atomic E-state index is -4.59. The van der Waals surface area contributed by atoms with Crippen molar-refractivity contribution in [3.63, 3.8) is 0 Å². The number of alkyl halides is 3. The van der Waals surface area contributed by atoms with E-state index in [1.807, 2.05) is 0 Å². The van der Waals surface area contributed by atoms with Gasteiger partial charge in [0.15, 0.2) is 0 Å². The normalized spacial score (nSPS) is 12.0. The van der Waals surface area contributed by atoms with Gasteiger partial charge in [0.05, 0.1) is 0 Å². The second-order valence-electron chi connectivity index (χ2n) is 1.37. The lowest BCUT2D eigenvalue weighted by Crippen LogP contribution is -2.06. The molecule has 0 radical (unpaired) electrons. The van der Waals surface area contributed by atoms with Gasteiger partial charge in [-0.1, -0.05) is 5.16 Å². The van der Waals surface area contributed by atoms with Crippen molar-refractivity contribution in [1.29, 1.82) is 0 Å². The lowest BCUT2D eigenvalue weighted by atomic mass is 10.6. The van der Waals surface area contributed by atoms with Gasteiger partial charge in [-0.25, -0.2) is 0 Å². The monoisotopic (exact) mass is 172 g/mol. The Morgan fingerprint density at radius 2 is 2.00 bits per heavy atom. The second-order valence-corrected chi connectivity index (χ2v) is 1.69. The average Bonchev–Trinajstić information content (AvgIpc) is 2.11. The Labute approximate surface area is 57.8 Å². The summed E-state index contributed by atoms with van der Waals surface area (Å²) in [5, 5.41) is 1.93. The highest BCUT2D eigenvalue weighted by molar-refractivity contribution is 6.27. The number of halogens is 4. The SMILES string of the molecule is FC(F)(F)c1noc(Cl)n1. The third-order valence-electron chi connectivity index (χ3n) is 0.655. The molecule has 0 saturated carbocycles. The van der Waals surface area contributed by atoms with Gasteiger partial charge in [-0.3, -0.25) is 0 Å². The second kappa shape index (κ2) is 2.12. The zero-order valence-electron chi connectivity index (χ0n) is 4.31. The first-order valence-electron chi connectivity index (χ1n) is 2.06. The summed E-state index contributed by atoms with van der Waals surface area (Å²) >= 11 is 4.93. The van der Waals surface area contributed by atoms with Crippen LogP contribution in [0.5, 0.6) is 0 Å². The number of hydrogen-bond acceptors (Lipinski definition) is 3. The molecule has 1 aromatic heterocycles. The van der Waals surface area contributed by atoms with Crippen molar-refractivity contribution in [2.75, 3.05) is 0 Å². The van der Waals surface area contributed by atoms with Crippen molar-refractivity contribution in [2.45, 2.75) is 6.18 Å². The van der Waals surface area contributed by atoms with Gasteiger partial charge in [0.2, 0.25) is 0 Å². The summed E-state index contributed by atoms with van der Waals surface area (Å²) in [5.74, 6) is -1.36. The van der Waals surface area contributed by atoms with Crippen LogP contribution in [0, 0.1) is 0 Å². The summed E-state index contributed by atoms with van der Waals surface area (Å²) < 4.78 is 38.5. The van der Waals surface area contributed by atoms with Gasteiger partial charge in [0.25, 0.3) is 5.82 Å². The van der Waals surface area contributed by atoms with Crippen LogP contribution >= 0.6 is 11.6 Å². The zero-order valence-corrected chi connectivity index (χ0v) is 5.07. The quantitative estimate of drug-likeness (QED) is 0.598. The summed E-state index contributed by atoms with van der Waals surface area (Å²) in [7, 11) is 0. The van der Waals surface area contributed by atoms with Crippen molar-refractivity contribution >= 4 is 11.6 Å². The molecule has 0 saturated heterocycles.